The molecule has 0 saturated heterocycles. The van der Waals surface area contributed by atoms with Crippen molar-refractivity contribution in [3.05, 3.63) is 35.9 Å². The molecule has 2 aliphatic rings. The lowest BCUT2D eigenvalue weighted by atomic mass is 10.1. The summed E-state index contributed by atoms with van der Waals surface area (Å²) in [6, 6.07) is 10.3. The maximum Gasteiger partial charge on any atom is 0.229 e. The van der Waals surface area contributed by atoms with Gasteiger partial charge in [0.1, 0.15) is 0 Å². The number of benzene rings is 1. The summed E-state index contributed by atoms with van der Waals surface area (Å²) in [5, 5.41) is 0. The molecule has 2 fully saturated rings. The van der Waals surface area contributed by atoms with Crippen molar-refractivity contribution in [3.8, 4) is 0 Å². The van der Waals surface area contributed by atoms with Gasteiger partial charge in [-0.05, 0) is 30.7 Å². The van der Waals surface area contributed by atoms with Crippen molar-refractivity contribution < 1.29 is 4.79 Å². The molecule has 3 rings (SSSR count). The number of carbonyl (C=O) groups excluding carboxylic acids is 1. The molecule has 0 aromatic heterocycles. The van der Waals surface area contributed by atoms with Gasteiger partial charge >= 0.3 is 0 Å². The SMILES string of the molecule is CCCN(Cc1ccccc1)C(=O)C12CC1C2. The zero-order chi connectivity index (χ0) is 11.9. The Morgan fingerprint density at radius 1 is 1.35 bits per heavy atom. The van der Waals surface area contributed by atoms with Crippen LogP contribution in [-0.2, 0) is 11.3 Å². The molecule has 0 aliphatic heterocycles. The number of amides is 1. The van der Waals surface area contributed by atoms with E-state index in [1.165, 1.54) is 5.56 Å². The molecule has 0 unspecified atom stereocenters. The van der Waals surface area contributed by atoms with Crippen LogP contribution in [0.1, 0.15) is 31.7 Å². The van der Waals surface area contributed by atoms with E-state index in [1.54, 1.807) is 0 Å². The monoisotopic (exact) mass is 229 g/mol. The minimum atomic E-state index is 0.115. The standard InChI is InChI=1S/C15H19NO/c1-2-8-16(11-12-6-4-3-5-7-12)14(17)15-9-13(15)10-15/h3-7,13H,2,8-11H2,1H3. The number of carbonyl (C=O) groups is 1. The number of rotatable bonds is 5. The summed E-state index contributed by atoms with van der Waals surface area (Å²) in [7, 11) is 0. The van der Waals surface area contributed by atoms with Gasteiger partial charge in [-0.25, -0.2) is 0 Å². The second-order valence-corrected chi connectivity index (χ2v) is 5.47. The van der Waals surface area contributed by atoms with Crippen LogP contribution in [0.4, 0.5) is 0 Å². The van der Waals surface area contributed by atoms with Gasteiger partial charge in [-0.15, -0.1) is 0 Å². The van der Waals surface area contributed by atoms with Crippen LogP contribution in [0.3, 0.4) is 0 Å². The second kappa shape index (κ2) is 3.86. The van der Waals surface area contributed by atoms with E-state index in [9.17, 15) is 4.79 Å². The summed E-state index contributed by atoms with van der Waals surface area (Å²) in [4.78, 5) is 14.4. The zero-order valence-electron chi connectivity index (χ0n) is 10.4. The van der Waals surface area contributed by atoms with Crippen LogP contribution in [0.25, 0.3) is 0 Å². The average Bonchev–Trinajstić information content (AvgIpc) is 3.17. The maximum absolute atomic E-state index is 12.4. The van der Waals surface area contributed by atoms with Crippen LogP contribution in [-0.4, -0.2) is 17.4 Å². The predicted octanol–water partition coefficient (Wildman–Crippen LogP) is 2.84. The van der Waals surface area contributed by atoms with Crippen LogP contribution in [0.5, 0.6) is 0 Å². The second-order valence-electron chi connectivity index (χ2n) is 5.47. The van der Waals surface area contributed by atoms with E-state index in [-0.39, 0.29) is 5.41 Å². The Labute approximate surface area is 103 Å². The third-order valence-corrected chi connectivity index (χ3v) is 4.11. The molecule has 0 spiro atoms. The summed E-state index contributed by atoms with van der Waals surface area (Å²) >= 11 is 0. The number of hydrogen-bond acceptors (Lipinski definition) is 1. The smallest absolute Gasteiger partial charge is 0.229 e. The highest BCUT2D eigenvalue weighted by atomic mass is 16.2. The molecule has 0 heterocycles. The van der Waals surface area contributed by atoms with E-state index >= 15 is 0 Å². The van der Waals surface area contributed by atoms with Gasteiger partial charge in [0.25, 0.3) is 0 Å². The average molecular weight is 229 g/mol. The summed E-state index contributed by atoms with van der Waals surface area (Å²) < 4.78 is 0. The predicted molar refractivity (Wildman–Crippen MR) is 67.3 cm³/mol. The van der Waals surface area contributed by atoms with Crippen molar-refractivity contribution in [3.63, 3.8) is 0 Å². The Kier molecular flexibility index (Phi) is 2.46. The molecule has 1 amide bonds. The molecule has 2 saturated carbocycles. The topological polar surface area (TPSA) is 20.3 Å². The normalized spacial score (nSPS) is 28.4. The largest absolute Gasteiger partial charge is 0.338 e. The fourth-order valence-electron chi connectivity index (χ4n) is 2.69. The fraction of sp³-hybridized carbons (Fsp3) is 0.533. The Balaban J connectivity index is 1.69. The first kappa shape index (κ1) is 10.8. The molecule has 1 aromatic rings. The minimum absolute atomic E-state index is 0.115. The lowest BCUT2D eigenvalue weighted by Gasteiger charge is -2.23. The maximum atomic E-state index is 12.4. The molecule has 1 aromatic carbocycles. The highest BCUT2D eigenvalue weighted by Crippen LogP contribution is 2.76. The first-order valence-corrected chi connectivity index (χ1v) is 6.59. The summed E-state index contributed by atoms with van der Waals surface area (Å²) in [5.41, 5.74) is 1.35. The fourth-order valence-corrected chi connectivity index (χ4v) is 2.69. The molecule has 2 nitrogen and oxygen atoms in total. The molecule has 0 N–H and O–H groups in total. The van der Waals surface area contributed by atoms with Crippen molar-refractivity contribution >= 4 is 5.91 Å². The van der Waals surface area contributed by atoms with E-state index in [0.29, 0.717) is 5.91 Å². The van der Waals surface area contributed by atoms with Crippen molar-refractivity contribution in [2.75, 3.05) is 6.54 Å². The molecule has 17 heavy (non-hydrogen) atoms. The summed E-state index contributed by atoms with van der Waals surface area (Å²) in [6.45, 7) is 3.81. The first-order chi connectivity index (χ1) is 8.26. The molecule has 0 atom stereocenters. The lowest BCUT2D eigenvalue weighted by molar-refractivity contribution is -0.135. The number of fused-ring (bicyclic) bond motifs is 1. The molecular weight excluding hydrogens is 210 g/mol. The third kappa shape index (κ3) is 1.86. The highest BCUT2D eigenvalue weighted by Gasteiger charge is 2.75. The van der Waals surface area contributed by atoms with Crippen LogP contribution in [0.15, 0.2) is 30.3 Å². The van der Waals surface area contributed by atoms with Crippen LogP contribution in [0, 0.1) is 11.3 Å². The zero-order valence-corrected chi connectivity index (χ0v) is 10.4. The molecule has 0 bridgehead atoms. The van der Waals surface area contributed by atoms with E-state index < -0.39 is 0 Å². The van der Waals surface area contributed by atoms with Gasteiger partial charge in [0.15, 0.2) is 0 Å². The molecular formula is C15H19NO. The van der Waals surface area contributed by atoms with Gasteiger partial charge in [-0.2, -0.15) is 0 Å². The third-order valence-electron chi connectivity index (χ3n) is 4.11. The van der Waals surface area contributed by atoms with Gasteiger partial charge in [0.05, 0.1) is 5.41 Å². The Hall–Kier alpha value is -1.31. The van der Waals surface area contributed by atoms with Crippen LogP contribution >= 0.6 is 0 Å². The quantitative estimate of drug-likeness (QED) is 0.760. The van der Waals surface area contributed by atoms with Crippen LogP contribution in [0.2, 0.25) is 0 Å². The van der Waals surface area contributed by atoms with Crippen molar-refractivity contribution in [1.82, 2.24) is 4.90 Å². The van der Waals surface area contributed by atoms with Crippen LogP contribution < -0.4 is 0 Å². The lowest BCUT2D eigenvalue weighted by Crippen LogP contribution is -2.34. The van der Waals surface area contributed by atoms with Crippen molar-refractivity contribution in [2.45, 2.75) is 32.7 Å². The molecule has 0 radical (unpaired) electrons. The number of hydrogen-bond donors (Lipinski definition) is 0. The van der Waals surface area contributed by atoms with E-state index in [4.69, 9.17) is 0 Å². The first-order valence-electron chi connectivity index (χ1n) is 6.59. The van der Waals surface area contributed by atoms with E-state index in [2.05, 4.69) is 24.0 Å². The molecule has 2 heteroatoms. The Morgan fingerprint density at radius 3 is 2.53 bits per heavy atom. The van der Waals surface area contributed by atoms with E-state index in [0.717, 1.165) is 38.3 Å². The Morgan fingerprint density at radius 2 is 2.00 bits per heavy atom. The van der Waals surface area contributed by atoms with Crippen molar-refractivity contribution in [1.29, 1.82) is 0 Å². The highest BCUT2D eigenvalue weighted by molar-refractivity contribution is 5.90. The summed E-state index contributed by atoms with van der Waals surface area (Å²) in [6.07, 6.45) is 3.35. The minimum Gasteiger partial charge on any atom is -0.338 e. The van der Waals surface area contributed by atoms with Gasteiger partial charge in [-0.1, -0.05) is 37.3 Å². The van der Waals surface area contributed by atoms with Crippen molar-refractivity contribution in [2.24, 2.45) is 11.3 Å². The number of nitrogens with zero attached hydrogens (tertiary/aromatic N) is 1. The molecule has 90 valence electrons. The van der Waals surface area contributed by atoms with Gasteiger partial charge in [0, 0.05) is 13.1 Å². The van der Waals surface area contributed by atoms with Gasteiger partial charge in [0.2, 0.25) is 5.91 Å². The van der Waals surface area contributed by atoms with Gasteiger partial charge in [-0.3, -0.25) is 4.79 Å². The molecule has 2 aliphatic carbocycles. The summed E-state index contributed by atoms with van der Waals surface area (Å²) in [5.74, 6) is 1.15. The Bertz CT molecular complexity index is 420. The van der Waals surface area contributed by atoms with E-state index in [1.807, 2.05) is 18.2 Å². The van der Waals surface area contributed by atoms with Gasteiger partial charge < -0.3 is 4.90 Å².